The summed E-state index contributed by atoms with van der Waals surface area (Å²) in [4.78, 5) is 0. The van der Waals surface area contributed by atoms with Crippen LogP contribution in [0.15, 0.2) is 18.2 Å². The Hall–Kier alpha value is -0.110. The third kappa shape index (κ3) is 9.14. The summed E-state index contributed by atoms with van der Waals surface area (Å²) < 4.78 is 0. The fourth-order valence-corrected chi connectivity index (χ4v) is 1.15. The van der Waals surface area contributed by atoms with Gasteiger partial charge in [-0.25, -0.2) is 0 Å². The van der Waals surface area contributed by atoms with Crippen molar-refractivity contribution in [3.8, 4) is 5.75 Å². The molecule has 0 bridgehead atoms. The second-order valence-electron chi connectivity index (χ2n) is 4.15. The molecule has 16 heavy (non-hydrogen) atoms. The molecule has 1 aromatic rings. The summed E-state index contributed by atoms with van der Waals surface area (Å²) in [5.41, 5.74) is 2.21. The minimum absolute atomic E-state index is 0. The molecular formula is C14H23OSc-. The normalized spacial score (nSPS) is 10.8. The molecule has 0 aliphatic heterocycles. The summed E-state index contributed by atoms with van der Waals surface area (Å²) in [7, 11) is 0. The predicted molar refractivity (Wildman–Crippen MR) is 67.0 cm³/mol. The maximum absolute atomic E-state index is 8.99. The Balaban J connectivity index is 0. The monoisotopic (exact) mass is 252 g/mol. The SMILES string of the molecule is Cc1cc(C)cc(O)c1.[CH2-]CC(C)CC.[Sc]. The van der Waals surface area contributed by atoms with Gasteiger partial charge in [0.25, 0.3) is 0 Å². The molecule has 1 radical (unpaired) electrons. The van der Waals surface area contributed by atoms with Crippen LogP contribution in [0.5, 0.6) is 5.75 Å². The van der Waals surface area contributed by atoms with E-state index in [0.717, 1.165) is 23.5 Å². The van der Waals surface area contributed by atoms with E-state index in [1.165, 1.54) is 6.42 Å². The zero-order valence-electron chi connectivity index (χ0n) is 11.0. The van der Waals surface area contributed by atoms with Crippen LogP contribution in [0.1, 0.15) is 37.8 Å². The summed E-state index contributed by atoms with van der Waals surface area (Å²) >= 11 is 0. The van der Waals surface area contributed by atoms with E-state index in [4.69, 9.17) is 5.11 Å². The predicted octanol–water partition coefficient (Wildman–Crippen LogP) is 4.26. The van der Waals surface area contributed by atoms with Crippen LogP contribution in [0.4, 0.5) is 0 Å². The molecule has 1 aromatic carbocycles. The Kier molecular flexibility index (Phi) is 11.5. The van der Waals surface area contributed by atoms with Gasteiger partial charge < -0.3 is 12.0 Å². The molecule has 0 aliphatic rings. The van der Waals surface area contributed by atoms with Crippen molar-refractivity contribution in [2.24, 2.45) is 5.92 Å². The average Bonchev–Trinajstić information content (AvgIpc) is 2.15. The smallest absolute Gasteiger partial charge is 0.116 e. The van der Waals surface area contributed by atoms with Crippen LogP contribution in [0.3, 0.4) is 0 Å². The molecule has 1 unspecified atom stereocenters. The molecule has 0 saturated carbocycles. The van der Waals surface area contributed by atoms with Crippen molar-refractivity contribution in [1.29, 1.82) is 0 Å². The van der Waals surface area contributed by atoms with Gasteiger partial charge in [0.05, 0.1) is 0 Å². The molecular weight excluding hydrogens is 229 g/mol. The standard InChI is InChI=1S/C8H10O.C6H13.Sc/c1-6-3-7(2)5-8(9)4-6;1-4-6(3)5-2;/h3-5,9H,1-2H3;6H,1,4-5H2,2-3H3;/q;-1;. The molecule has 89 valence electrons. The van der Waals surface area contributed by atoms with Crippen LogP contribution in [0.25, 0.3) is 0 Å². The first-order valence-electron chi connectivity index (χ1n) is 5.56. The summed E-state index contributed by atoms with van der Waals surface area (Å²) in [5, 5.41) is 8.99. The van der Waals surface area contributed by atoms with E-state index in [1.54, 1.807) is 12.1 Å². The van der Waals surface area contributed by atoms with Crippen molar-refractivity contribution in [2.75, 3.05) is 0 Å². The van der Waals surface area contributed by atoms with Gasteiger partial charge in [-0.3, -0.25) is 0 Å². The summed E-state index contributed by atoms with van der Waals surface area (Å²) in [6.45, 7) is 12.1. The maximum atomic E-state index is 8.99. The number of aryl methyl sites for hydroxylation is 2. The Bertz CT molecular complexity index is 230. The van der Waals surface area contributed by atoms with Gasteiger partial charge in [0.2, 0.25) is 0 Å². The van der Waals surface area contributed by atoms with Gasteiger partial charge in [0.15, 0.2) is 0 Å². The number of phenolic OH excluding ortho intramolecular Hbond substituents is 1. The Morgan fingerprint density at radius 1 is 1.19 bits per heavy atom. The minimum Gasteiger partial charge on any atom is -0.508 e. The van der Waals surface area contributed by atoms with Crippen molar-refractivity contribution in [1.82, 2.24) is 0 Å². The van der Waals surface area contributed by atoms with Gasteiger partial charge in [0.1, 0.15) is 5.75 Å². The summed E-state index contributed by atoms with van der Waals surface area (Å²) in [5.74, 6) is 1.18. The fraction of sp³-hybridized carbons (Fsp3) is 0.500. The quantitative estimate of drug-likeness (QED) is 0.779. The maximum Gasteiger partial charge on any atom is 0.116 e. The molecule has 1 N–H and O–H groups in total. The van der Waals surface area contributed by atoms with Crippen molar-refractivity contribution in [3.05, 3.63) is 36.2 Å². The van der Waals surface area contributed by atoms with Crippen LogP contribution >= 0.6 is 0 Å². The van der Waals surface area contributed by atoms with E-state index >= 15 is 0 Å². The van der Waals surface area contributed by atoms with Gasteiger partial charge in [-0.1, -0.05) is 32.3 Å². The molecule has 1 nitrogen and oxygen atoms in total. The Labute approximate surface area is 119 Å². The van der Waals surface area contributed by atoms with Crippen LogP contribution in [0.2, 0.25) is 0 Å². The van der Waals surface area contributed by atoms with E-state index < -0.39 is 0 Å². The molecule has 0 amide bonds. The zero-order chi connectivity index (χ0) is 11.8. The third-order valence-electron chi connectivity index (χ3n) is 2.40. The van der Waals surface area contributed by atoms with E-state index in [0.29, 0.717) is 5.75 Å². The van der Waals surface area contributed by atoms with Gasteiger partial charge in [-0.2, -0.15) is 6.42 Å². The summed E-state index contributed by atoms with van der Waals surface area (Å²) in [6, 6.07) is 5.51. The molecule has 0 spiro atoms. The molecule has 0 saturated heterocycles. The topological polar surface area (TPSA) is 20.2 Å². The number of benzene rings is 1. The Morgan fingerprint density at radius 2 is 1.62 bits per heavy atom. The largest absolute Gasteiger partial charge is 0.508 e. The van der Waals surface area contributed by atoms with Crippen LogP contribution in [-0.2, 0) is 25.8 Å². The van der Waals surface area contributed by atoms with E-state index in [2.05, 4.69) is 20.8 Å². The minimum atomic E-state index is 0. The summed E-state index contributed by atoms with van der Waals surface area (Å²) in [6.07, 6.45) is 2.35. The second-order valence-corrected chi connectivity index (χ2v) is 4.15. The third-order valence-corrected chi connectivity index (χ3v) is 2.40. The van der Waals surface area contributed by atoms with Crippen molar-refractivity contribution >= 4 is 0 Å². The van der Waals surface area contributed by atoms with Gasteiger partial charge >= 0.3 is 0 Å². The number of hydrogen-bond acceptors (Lipinski definition) is 1. The molecule has 1 atom stereocenters. The molecule has 2 heteroatoms. The van der Waals surface area contributed by atoms with E-state index in [9.17, 15) is 0 Å². The van der Waals surface area contributed by atoms with Crippen molar-refractivity contribution in [2.45, 2.75) is 40.5 Å². The molecule has 0 aliphatic carbocycles. The number of aromatic hydroxyl groups is 1. The first kappa shape index (κ1) is 18.3. The first-order valence-corrected chi connectivity index (χ1v) is 5.56. The number of rotatable bonds is 2. The zero-order valence-corrected chi connectivity index (χ0v) is 12.8. The van der Waals surface area contributed by atoms with Crippen molar-refractivity contribution < 1.29 is 30.9 Å². The van der Waals surface area contributed by atoms with Gasteiger partial charge in [-0.15, -0.1) is 0 Å². The van der Waals surface area contributed by atoms with E-state index in [1.807, 2.05) is 19.9 Å². The average molecular weight is 252 g/mol. The van der Waals surface area contributed by atoms with Crippen molar-refractivity contribution in [3.63, 3.8) is 0 Å². The van der Waals surface area contributed by atoms with Crippen LogP contribution in [0, 0.1) is 26.7 Å². The van der Waals surface area contributed by atoms with Gasteiger partial charge in [0, 0.05) is 25.8 Å². The van der Waals surface area contributed by atoms with Crippen LogP contribution < -0.4 is 0 Å². The first-order chi connectivity index (χ1) is 6.99. The molecule has 0 heterocycles. The fourth-order valence-electron chi connectivity index (χ4n) is 1.15. The number of phenols is 1. The molecule has 0 fully saturated rings. The Morgan fingerprint density at radius 3 is 1.81 bits per heavy atom. The van der Waals surface area contributed by atoms with Gasteiger partial charge in [-0.05, 0) is 37.1 Å². The van der Waals surface area contributed by atoms with E-state index in [-0.39, 0.29) is 25.8 Å². The second kappa shape index (κ2) is 10.1. The number of hydrogen-bond donors (Lipinski definition) is 1. The molecule has 0 aromatic heterocycles. The van der Waals surface area contributed by atoms with Crippen LogP contribution in [-0.4, -0.2) is 5.11 Å². The molecule has 1 rings (SSSR count).